The molecule has 1 heterocycles. The van der Waals surface area contributed by atoms with Crippen molar-refractivity contribution in [1.82, 2.24) is 0 Å². The summed E-state index contributed by atoms with van der Waals surface area (Å²) >= 11 is 0. The summed E-state index contributed by atoms with van der Waals surface area (Å²) in [5.41, 5.74) is 16.5. The number of ether oxygens (including phenoxy) is 2. The maximum atomic E-state index is 8.34. The molecule has 1 saturated heterocycles. The quantitative estimate of drug-likeness (QED) is 0.386. The molecule has 8 heteroatoms. The van der Waals surface area contributed by atoms with E-state index in [1.54, 1.807) is 0 Å². The summed E-state index contributed by atoms with van der Waals surface area (Å²) in [6.07, 6.45) is 3.49. The third-order valence-corrected chi connectivity index (χ3v) is 2.46. The normalized spacial score (nSPS) is 21.1. The summed E-state index contributed by atoms with van der Waals surface area (Å²) in [5.74, 6) is 0. The van der Waals surface area contributed by atoms with Gasteiger partial charge in [-0.15, -0.1) is 0 Å². The van der Waals surface area contributed by atoms with Crippen molar-refractivity contribution in [2.45, 2.75) is 38.0 Å². The number of azide groups is 2. The van der Waals surface area contributed by atoms with Crippen LogP contribution in [0.1, 0.15) is 25.7 Å². The zero-order valence-corrected chi connectivity index (χ0v) is 9.60. The monoisotopic (exact) mass is 240 g/mol. The second-order valence-electron chi connectivity index (χ2n) is 3.73. The zero-order valence-electron chi connectivity index (χ0n) is 9.60. The Morgan fingerprint density at radius 1 is 1.35 bits per heavy atom. The molecule has 0 bridgehead atoms. The molecule has 1 rings (SSSR count). The van der Waals surface area contributed by atoms with Crippen LogP contribution in [-0.4, -0.2) is 32.1 Å². The molecule has 0 N–H and O–H groups in total. The van der Waals surface area contributed by atoms with E-state index in [0.29, 0.717) is 13.0 Å². The molecule has 8 nitrogen and oxygen atoms in total. The Labute approximate surface area is 99.1 Å². The van der Waals surface area contributed by atoms with Crippen LogP contribution in [0.2, 0.25) is 0 Å². The standard InChI is InChI=1S/C9H16N6O2/c10-14-12-7-8(13-15-11)4-6-17-9-3-1-2-5-16-9/h8-9H,1-7H2. The van der Waals surface area contributed by atoms with E-state index in [4.69, 9.17) is 20.5 Å². The van der Waals surface area contributed by atoms with Crippen LogP contribution in [0.4, 0.5) is 0 Å². The van der Waals surface area contributed by atoms with E-state index < -0.39 is 0 Å². The molecule has 1 aliphatic rings. The van der Waals surface area contributed by atoms with Crippen molar-refractivity contribution in [1.29, 1.82) is 0 Å². The van der Waals surface area contributed by atoms with Crippen molar-refractivity contribution in [2.75, 3.05) is 19.8 Å². The first-order valence-corrected chi connectivity index (χ1v) is 5.65. The van der Waals surface area contributed by atoms with Crippen LogP contribution in [-0.2, 0) is 9.47 Å². The minimum Gasteiger partial charge on any atom is -0.353 e. The maximum Gasteiger partial charge on any atom is 0.157 e. The van der Waals surface area contributed by atoms with Gasteiger partial charge >= 0.3 is 0 Å². The zero-order chi connectivity index (χ0) is 12.3. The van der Waals surface area contributed by atoms with Crippen molar-refractivity contribution in [2.24, 2.45) is 10.2 Å². The number of rotatable bonds is 7. The van der Waals surface area contributed by atoms with Gasteiger partial charge in [-0.05, 0) is 36.7 Å². The molecule has 0 spiro atoms. The SMILES string of the molecule is [N-]=[N+]=NCC(CCOC1CCCCO1)N=[N+]=[N-]. The Hall–Kier alpha value is -1.46. The molecule has 0 saturated carbocycles. The molecule has 0 radical (unpaired) electrons. The van der Waals surface area contributed by atoms with E-state index in [2.05, 4.69) is 20.1 Å². The van der Waals surface area contributed by atoms with Gasteiger partial charge < -0.3 is 9.47 Å². The summed E-state index contributed by atoms with van der Waals surface area (Å²) < 4.78 is 10.9. The van der Waals surface area contributed by atoms with E-state index in [-0.39, 0.29) is 18.9 Å². The van der Waals surface area contributed by atoms with Crippen molar-refractivity contribution in [3.8, 4) is 0 Å². The lowest BCUT2D eigenvalue weighted by atomic mass is 10.2. The Kier molecular flexibility index (Phi) is 6.93. The molecule has 94 valence electrons. The lowest BCUT2D eigenvalue weighted by Crippen LogP contribution is -2.24. The van der Waals surface area contributed by atoms with Gasteiger partial charge in [0.25, 0.3) is 0 Å². The first kappa shape index (κ1) is 13.6. The second kappa shape index (κ2) is 8.66. The molecule has 2 unspecified atom stereocenters. The largest absolute Gasteiger partial charge is 0.353 e. The maximum absolute atomic E-state index is 8.34. The summed E-state index contributed by atoms with van der Waals surface area (Å²) in [4.78, 5) is 5.34. The molecule has 0 aromatic heterocycles. The third-order valence-electron chi connectivity index (χ3n) is 2.46. The summed E-state index contributed by atoms with van der Waals surface area (Å²) in [6, 6.07) is -0.348. The van der Waals surface area contributed by atoms with Crippen molar-refractivity contribution < 1.29 is 9.47 Å². The molecular formula is C9H16N6O2. The first-order chi connectivity index (χ1) is 8.36. The minimum atomic E-state index is -0.348. The van der Waals surface area contributed by atoms with Crippen molar-refractivity contribution >= 4 is 0 Å². The first-order valence-electron chi connectivity index (χ1n) is 5.65. The fourth-order valence-electron chi connectivity index (χ4n) is 1.57. The highest BCUT2D eigenvalue weighted by Crippen LogP contribution is 2.14. The molecule has 0 aromatic rings. The van der Waals surface area contributed by atoms with Gasteiger partial charge in [0.05, 0.1) is 6.61 Å². The topological polar surface area (TPSA) is 116 Å². The predicted octanol–water partition coefficient (Wildman–Crippen LogP) is 2.91. The fourth-order valence-corrected chi connectivity index (χ4v) is 1.57. The molecule has 0 aliphatic carbocycles. The fraction of sp³-hybridized carbons (Fsp3) is 1.00. The predicted molar refractivity (Wildman–Crippen MR) is 61.1 cm³/mol. The number of nitrogens with zero attached hydrogens (tertiary/aromatic N) is 6. The lowest BCUT2D eigenvalue weighted by molar-refractivity contribution is -0.163. The lowest BCUT2D eigenvalue weighted by Gasteiger charge is -2.23. The van der Waals surface area contributed by atoms with Crippen LogP contribution < -0.4 is 0 Å². The highest BCUT2D eigenvalue weighted by Gasteiger charge is 2.14. The van der Waals surface area contributed by atoms with Crippen LogP contribution in [0.5, 0.6) is 0 Å². The molecule has 1 fully saturated rings. The second-order valence-corrected chi connectivity index (χ2v) is 3.73. The molecule has 2 atom stereocenters. The van der Waals surface area contributed by atoms with E-state index in [9.17, 15) is 0 Å². The van der Waals surface area contributed by atoms with Gasteiger partial charge in [-0.25, -0.2) is 0 Å². The Morgan fingerprint density at radius 2 is 2.24 bits per heavy atom. The minimum absolute atomic E-state index is 0.144. The Morgan fingerprint density at radius 3 is 2.88 bits per heavy atom. The van der Waals surface area contributed by atoms with E-state index in [1.807, 2.05) is 0 Å². The van der Waals surface area contributed by atoms with E-state index in [0.717, 1.165) is 25.9 Å². The summed E-state index contributed by atoms with van der Waals surface area (Å²) in [6.45, 7) is 1.34. The number of hydrogen-bond acceptors (Lipinski definition) is 4. The molecule has 0 aromatic carbocycles. The van der Waals surface area contributed by atoms with Crippen molar-refractivity contribution in [3.05, 3.63) is 20.9 Å². The van der Waals surface area contributed by atoms with Crippen LogP contribution in [0.25, 0.3) is 20.9 Å². The molecule has 0 amide bonds. The number of hydrogen-bond donors (Lipinski definition) is 0. The Bertz CT molecular complexity index is 305. The van der Waals surface area contributed by atoms with Crippen LogP contribution in [0.15, 0.2) is 10.2 Å². The van der Waals surface area contributed by atoms with Gasteiger partial charge in [0, 0.05) is 29.0 Å². The van der Waals surface area contributed by atoms with E-state index >= 15 is 0 Å². The van der Waals surface area contributed by atoms with Gasteiger partial charge in [0.1, 0.15) is 0 Å². The van der Waals surface area contributed by atoms with Gasteiger partial charge in [-0.1, -0.05) is 10.2 Å². The van der Waals surface area contributed by atoms with Crippen LogP contribution >= 0.6 is 0 Å². The van der Waals surface area contributed by atoms with Crippen molar-refractivity contribution in [3.63, 3.8) is 0 Å². The van der Waals surface area contributed by atoms with E-state index in [1.165, 1.54) is 0 Å². The van der Waals surface area contributed by atoms with Gasteiger partial charge in [-0.2, -0.15) is 0 Å². The average Bonchev–Trinajstić information content (AvgIpc) is 2.37. The summed E-state index contributed by atoms with van der Waals surface area (Å²) in [5, 5.41) is 6.92. The van der Waals surface area contributed by atoms with Gasteiger partial charge in [0.2, 0.25) is 0 Å². The molecule has 17 heavy (non-hydrogen) atoms. The molecule has 1 aliphatic heterocycles. The third kappa shape index (κ3) is 5.99. The van der Waals surface area contributed by atoms with Crippen LogP contribution in [0, 0.1) is 0 Å². The van der Waals surface area contributed by atoms with Gasteiger partial charge in [0.15, 0.2) is 6.29 Å². The Balaban J connectivity index is 2.20. The highest BCUT2D eigenvalue weighted by atomic mass is 16.7. The average molecular weight is 240 g/mol. The highest BCUT2D eigenvalue weighted by molar-refractivity contribution is 4.70. The van der Waals surface area contributed by atoms with Gasteiger partial charge in [-0.3, -0.25) is 0 Å². The van der Waals surface area contributed by atoms with Crippen LogP contribution in [0.3, 0.4) is 0 Å². The molecular weight excluding hydrogens is 224 g/mol. The summed E-state index contributed by atoms with van der Waals surface area (Å²) in [7, 11) is 0. The smallest absolute Gasteiger partial charge is 0.157 e.